The number of likely N-dealkylation sites (N-methyl/N-ethyl adjacent to an activating group) is 1. The van der Waals surface area contributed by atoms with Gasteiger partial charge < -0.3 is 15.1 Å². The van der Waals surface area contributed by atoms with Gasteiger partial charge in [-0.15, -0.1) is 0 Å². The highest BCUT2D eigenvalue weighted by atomic mass is 16.2. The average Bonchev–Trinajstić information content (AvgIpc) is 2.30. The first-order valence-electron chi connectivity index (χ1n) is 6.75. The van der Waals surface area contributed by atoms with Crippen LogP contribution in [0.5, 0.6) is 0 Å². The van der Waals surface area contributed by atoms with Crippen LogP contribution >= 0.6 is 0 Å². The van der Waals surface area contributed by atoms with Crippen LogP contribution in [0, 0.1) is 0 Å². The molecule has 1 aliphatic heterocycles. The van der Waals surface area contributed by atoms with Crippen LogP contribution in [-0.2, 0) is 9.59 Å². The minimum atomic E-state index is -0.151. The smallest absolute Gasteiger partial charge is 0.227 e. The minimum Gasteiger partial charge on any atom is -0.356 e. The van der Waals surface area contributed by atoms with E-state index in [-0.39, 0.29) is 18.1 Å². The van der Waals surface area contributed by atoms with Gasteiger partial charge in [-0.25, -0.2) is 0 Å². The Labute approximate surface area is 110 Å². The lowest BCUT2D eigenvalue weighted by atomic mass is 10.2. The molecule has 0 bridgehead atoms. The maximum Gasteiger partial charge on any atom is 0.227 e. The highest BCUT2D eigenvalue weighted by molar-refractivity contribution is 5.96. The first-order valence-corrected chi connectivity index (χ1v) is 6.75. The number of amides is 1. The second-order valence-electron chi connectivity index (χ2n) is 5.08. The summed E-state index contributed by atoms with van der Waals surface area (Å²) in [6, 6.07) is 0. The van der Waals surface area contributed by atoms with Crippen LogP contribution in [0.4, 0.5) is 0 Å². The number of piperazine rings is 1. The fourth-order valence-corrected chi connectivity index (χ4v) is 2.05. The van der Waals surface area contributed by atoms with Crippen LogP contribution in [0.3, 0.4) is 0 Å². The zero-order chi connectivity index (χ0) is 13.4. The molecule has 0 aromatic heterocycles. The summed E-state index contributed by atoms with van der Waals surface area (Å²) in [5.74, 6) is -0.230. The van der Waals surface area contributed by atoms with Gasteiger partial charge in [-0.2, -0.15) is 0 Å². The molecule has 1 aliphatic rings. The first-order chi connectivity index (χ1) is 8.58. The summed E-state index contributed by atoms with van der Waals surface area (Å²) >= 11 is 0. The predicted octanol–water partition coefficient (Wildman–Crippen LogP) is 0.109. The van der Waals surface area contributed by atoms with Crippen LogP contribution in [0.1, 0.15) is 26.2 Å². The van der Waals surface area contributed by atoms with Crippen molar-refractivity contribution >= 4 is 11.7 Å². The lowest BCUT2D eigenvalue weighted by Crippen LogP contribution is -2.44. The third-order valence-corrected chi connectivity index (χ3v) is 3.23. The van der Waals surface area contributed by atoms with Crippen molar-refractivity contribution < 1.29 is 9.59 Å². The normalized spacial score (nSPS) is 17.7. The van der Waals surface area contributed by atoms with Crippen molar-refractivity contribution in [1.29, 1.82) is 0 Å². The van der Waals surface area contributed by atoms with E-state index in [4.69, 9.17) is 0 Å². The van der Waals surface area contributed by atoms with E-state index in [2.05, 4.69) is 22.2 Å². The summed E-state index contributed by atoms with van der Waals surface area (Å²) in [6.45, 7) is 7.81. The molecule has 1 fully saturated rings. The van der Waals surface area contributed by atoms with E-state index in [0.29, 0.717) is 6.54 Å². The van der Waals surface area contributed by atoms with Gasteiger partial charge in [0.1, 0.15) is 5.78 Å². The Morgan fingerprint density at radius 1 is 1.11 bits per heavy atom. The molecule has 0 radical (unpaired) electrons. The number of hydrogen-bond donors (Lipinski definition) is 1. The molecule has 0 aromatic rings. The highest BCUT2D eigenvalue weighted by Crippen LogP contribution is 2.01. The van der Waals surface area contributed by atoms with Gasteiger partial charge in [-0.3, -0.25) is 9.59 Å². The van der Waals surface area contributed by atoms with Gasteiger partial charge in [-0.05, 0) is 33.4 Å². The Hall–Kier alpha value is -0.940. The fraction of sp³-hybridized carbons (Fsp3) is 0.846. The third-order valence-electron chi connectivity index (χ3n) is 3.23. The van der Waals surface area contributed by atoms with Crippen LogP contribution < -0.4 is 5.32 Å². The number of Topliss-reactive ketones (excluding diaryl/α,β-unsaturated/α-hetero) is 1. The van der Waals surface area contributed by atoms with Crippen LogP contribution in [0.2, 0.25) is 0 Å². The van der Waals surface area contributed by atoms with E-state index < -0.39 is 0 Å². The van der Waals surface area contributed by atoms with Gasteiger partial charge in [-0.1, -0.05) is 0 Å². The largest absolute Gasteiger partial charge is 0.356 e. The van der Waals surface area contributed by atoms with Gasteiger partial charge in [0.25, 0.3) is 0 Å². The highest BCUT2D eigenvalue weighted by Gasteiger charge is 2.12. The molecule has 0 saturated carbocycles. The molecule has 18 heavy (non-hydrogen) atoms. The van der Waals surface area contributed by atoms with E-state index in [1.165, 1.54) is 6.92 Å². The van der Waals surface area contributed by atoms with Crippen LogP contribution in [-0.4, -0.2) is 67.8 Å². The van der Waals surface area contributed by atoms with Crippen molar-refractivity contribution in [2.24, 2.45) is 0 Å². The second kappa shape index (κ2) is 8.21. The number of nitrogens with zero attached hydrogens (tertiary/aromatic N) is 2. The average molecular weight is 255 g/mol. The van der Waals surface area contributed by atoms with E-state index in [1.807, 2.05) is 0 Å². The summed E-state index contributed by atoms with van der Waals surface area (Å²) in [6.07, 6.45) is 2.10. The molecule has 5 nitrogen and oxygen atoms in total. The number of ketones is 1. The quantitative estimate of drug-likeness (QED) is 0.518. The zero-order valence-corrected chi connectivity index (χ0v) is 11.6. The number of rotatable bonds is 7. The molecule has 0 atom stereocenters. The van der Waals surface area contributed by atoms with E-state index in [1.54, 1.807) is 0 Å². The number of carbonyl (C=O) groups excluding carboxylic acids is 2. The Bertz CT molecular complexity index is 273. The van der Waals surface area contributed by atoms with Crippen molar-refractivity contribution in [3.8, 4) is 0 Å². The Kier molecular flexibility index (Phi) is 6.90. The van der Waals surface area contributed by atoms with Crippen molar-refractivity contribution in [2.45, 2.75) is 26.2 Å². The molecule has 1 saturated heterocycles. The molecular formula is C13H25N3O2. The number of hydrogen-bond acceptors (Lipinski definition) is 4. The lowest BCUT2D eigenvalue weighted by Gasteiger charge is -2.32. The summed E-state index contributed by atoms with van der Waals surface area (Å²) in [4.78, 5) is 26.7. The Balaban J connectivity index is 1.95. The molecule has 1 amide bonds. The standard InChI is InChI=1S/C13H25N3O2/c1-12(17)11-13(18)14-5-3-4-6-16-9-7-15(2)8-10-16/h3-11H2,1-2H3,(H,14,18). The van der Waals surface area contributed by atoms with Crippen molar-refractivity contribution in [1.82, 2.24) is 15.1 Å². The summed E-state index contributed by atoms with van der Waals surface area (Å²) in [5, 5.41) is 2.77. The minimum absolute atomic E-state index is 0.0124. The third kappa shape index (κ3) is 6.71. The molecule has 0 spiro atoms. The number of unbranched alkanes of at least 4 members (excludes halogenated alkanes) is 1. The monoisotopic (exact) mass is 255 g/mol. The molecule has 5 heteroatoms. The van der Waals surface area contributed by atoms with Gasteiger partial charge in [0.15, 0.2) is 0 Å². The van der Waals surface area contributed by atoms with Crippen molar-refractivity contribution in [2.75, 3.05) is 46.3 Å². The molecule has 0 aliphatic carbocycles. The molecule has 0 unspecified atom stereocenters. The molecule has 1 N–H and O–H groups in total. The second-order valence-corrected chi connectivity index (χ2v) is 5.08. The summed E-state index contributed by atoms with van der Waals surface area (Å²) in [5.41, 5.74) is 0. The topological polar surface area (TPSA) is 52.7 Å². The Morgan fingerprint density at radius 2 is 1.78 bits per heavy atom. The van der Waals surface area contributed by atoms with Crippen LogP contribution in [0.25, 0.3) is 0 Å². The molecule has 0 aromatic carbocycles. The molecule has 1 rings (SSSR count). The van der Waals surface area contributed by atoms with Crippen molar-refractivity contribution in [3.63, 3.8) is 0 Å². The SMILES string of the molecule is CC(=O)CC(=O)NCCCCN1CCN(C)CC1. The maximum atomic E-state index is 11.2. The van der Waals surface area contributed by atoms with Gasteiger partial charge in [0.05, 0.1) is 6.42 Å². The molecule has 1 heterocycles. The van der Waals surface area contributed by atoms with Gasteiger partial charge in [0, 0.05) is 32.7 Å². The van der Waals surface area contributed by atoms with Crippen molar-refractivity contribution in [3.05, 3.63) is 0 Å². The molecule has 104 valence electrons. The van der Waals surface area contributed by atoms with Gasteiger partial charge >= 0.3 is 0 Å². The Morgan fingerprint density at radius 3 is 2.39 bits per heavy atom. The van der Waals surface area contributed by atoms with Crippen LogP contribution in [0.15, 0.2) is 0 Å². The zero-order valence-electron chi connectivity index (χ0n) is 11.6. The fourth-order valence-electron chi connectivity index (χ4n) is 2.05. The van der Waals surface area contributed by atoms with E-state index >= 15 is 0 Å². The number of carbonyl (C=O) groups is 2. The first kappa shape index (κ1) is 15.1. The van der Waals surface area contributed by atoms with E-state index in [9.17, 15) is 9.59 Å². The van der Waals surface area contributed by atoms with Gasteiger partial charge in [0.2, 0.25) is 5.91 Å². The number of nitrogens with one attached hydrogen (secondary N) is 1. The lowest BCUT2D eigenvalue weighted by molar-refractivity contribution is -0.127. The maximum absolute atomic E-state index is 11.2. The predicted molar refractivity (Wildman–Crippen MR) is 71.5 cm³/mol. The summed E-state index contributed by atoms with van der Waals surface area (Å²) in [7, 11) is 2.15. The summed E-state index contributed by atoms with van der Waals surface area (Å²) < 4.78 is 0. The van der Waals surface area contributed by atoms with E-state index in [0.717, 1.165) is 45.6 Å². The molecular weight excluding hydrogens is 230 g/mol.